The van der Waals surface area contributed by atoms with E-state index >= 15 is 0 Å². The topological polar surface area (TPSA) is 41.6 Å². The van der Waals surface area contributed by atoms with E-state index in [0.29, 0.717) is 18.4 Å². The first-order valence-corrected chi connectivity index (χ1v) is 7.75. The molecule has 116 valence electrons. The van der Waals surface area contributed by atoms with Gasteiger partial charge in [-0.05, 0) is 31.9 Å². The maximum atomic E-state index is 12.1. The molecule has 1 aromatic rings. The number of carbonyl (C=O) groups excluding carboxylic acids is 1. The van der Waals surface area contributed by atoms with Gasteiger partial charge in [0, 0.05) is 32.7 Å². The molecule has 1 aromatic carbocycles. The lowest BCUT2D eigenvalue weighted by atomic mass is 10.1. The molecule has 1 atom stereocenters. The highest BCUT2D eigenvalue weighted by molar-refractivity contribution is 5.78. The largest absolute Gasteiger partial charge is 0.383 e. The number of hydrogen-bond donors (Lipinski definition) is 1. The second-order valence-electron chi connectivity index (χ2n) is 5.73. The van der Waals surface area contributed by atoms with Crippen molar-refractivity contribution in [3.05, 3.63) is 35.4 Å². The zero-order valence-corrected chi connectivity index (χ0v) is 13.1. The third kappa shape index (κ3) is 4.83. The monoisotopic (exact) mass is 290 g/mol. The van der Waals surface area contributed by atoms with Crippen molar-refractivity contribution in [3.8, 4) is 0 Å². The van der Waals surface area contributed by atoms with Crippen LogP contribution in [0.3, 0.4) is 0 Å². The van der Waals surface area contributed by atoms with Crippen LogP contribution in [0.25, 0.3) is 0 Å². The summed E-state index contributed by atoms with van der Waals surface area (Å²) in [5.41, 5.74) is 2.47. The average molecular weight is 290 g/mol. The predicted molar refractivity (Wildman–Crippen MR) is 84.1 cm³/mol. The van der Waals surface area contributed by atoms with Gasteiger partial charge >= 0.3 is 0 Å². The summed E-state index contributed by atoms with van der Waals surface area (Å²) in [7, 11) is 1.71. The van der Waals surface area contributed by atoms with E-state index in [2.05, 4.69) is 36.5 Å². The molecule has 1 unspecified atom stereocenters. The molecule has 21 heavy (non-hydrogen) atoms. The van der Waals surface area contributed by atoms with E-state index in [1.165, 1.54) is 11.1 Å². The number of aryl methyl sites for hydroxylation is 1. The predicted octanol–water partition coefficient (Wildman–Crippen LogP) is 2.11. The van der Waals surface area contributed by atoms with Gasteiger partial charge < -0.3 is 15.0 Å². The highest BCUT2D eigenvalue weighted by Crippen LogP contribution is 2.23. The number of nitrogens with zero attached hydrogens (tertiary/aromatic N) is 1. The summed E-state index contributed by atoms with van der Waals surface area (Å²) < 4.78 is 5.02. The molecule has 1 heterocycles. The van der Waals surface area contributed by atoms with Gasteiger partial charge in [-0.15, -0.1) is 0 Å². The van der Waals surface area contributed by atoms with Gasteiger partial charge in [-0.2, -0.15) is 0 Å². The molecular formula is C17H26N2O2. The Morgan fingerprint density at radius 3 is 3.00 bits per heavy atom. The summed E-state index contributed by atoms with van der Waals surface area (Å²) in [6.45, 7) is 5.37. The van der Waals surface area contributed by atoms with Crippen molar-refractivity contribution >= 4 is 5.91 Å². The molecule has 0 aromatic heterocycles. The fourth-order valence-electron chi connectivity index (χ4n) is 2.89. The van der Waals surface area contributed by atoms with Gasteiger partial charge in [0.1, 0.15) is 0 Å². The van der Waals surface area contributed by atoms with E-state index in [1.54, 1.807) is 7.11 Å². The fourth-order valence-corrected chi connectivity index (χ4v) is 2.89. The summed E-state index contributed by atoms with van der Waals surface area (Å²) in [6.07, 6.45) is 2.69. The van der Waals surface area contributed by atoms with Crippen molar-refractivity contribution in [1.82, 2.24) is 10.2 Å². The normalized spacial score (nSPS) is 18.5. The van der Waals surface area contributed by atoms with Gasteiger partial charge in [0.15, 0.2) is 0 Å². The lowest BCUT2D eigenvalue weighted by Gasteiger charge is -2.25. The zero-order valence-electron chi connectivity index (χ0n) is 13.1. The number of nitrogens with one attached hydrogen (secondary N) is 1. The average Bonchev–Trinajstić information content (AvgIpc) is 2.80. The van der Waals surface area contributed by atoms with Crippen LogP contribution in [-0.2, 0) is 16.1 Å². The van der Waals surface area contributed by atoms with Gasteiger partial charge in [-0.25, -0.2) is 0 Å². The molecule has 0 radical (unpaired) electrons. The molecule has 1 fully saturated rings. The van der Waals surface area contributed by atoms with Crippen LogP contribution in [0.4, 0.5) is 0 Å². The van der Waals surface area contributed by atoms with Crippen LogP contribution in [-0.4, -0.2) is 43.7 Å². The molecule has 4 heteroatoms. The Morgan fingerprint density at radius 1 is 1.38 bits per heavy atom. The second kappa shape index (κ2) is 8.15. The first-order chi connectivity index (χ1) is 10.2. The Balaban J connectivity index is 1.85. The standard InChI is InChI=1S/C17H26N2O2/c1-14-4-3-5-15(12-14)13-19-16(6-7-17(19)20)8-9-18-10-11-21-2/h3-5,12,16,18H,6-11,13H2,1-2H3. The summed E-state index contributed by atoms with van der Waals surface area (Å²) in [6, 6.07) is 8.79. The lowest BCUT2D eigenvalue weighted by molar-refractivity contribution is -0.129. The Morgan fingerprint density at radius 2 is 2.24 bits per heavy atom. The van der Waals surface area contributed by atoms with Crippen LogP contribution in [0.2, 0.25) is 0 Å². The molecule has 0 saturated carbocycles. The minimum Gasteiger partial charge on any atom is -0.383 e. The molecule has 1 aliphatic rings. The Hall–Kier alpha value is -1.39. The minimum atomic E-state index is 0.290. The molecule has 4 nitrogen and oxygen atoms in total. The molecule has 1 N–H and O–H groups in total. The van der Waals surface area contributed by atoms with Crippen molar-refractivity contribution in [2.45, 2.75) is 38.8 Å². The Bertz CT molecular complexity index is 462. The smallest absolute Gasteiger partial charge is 0.223 e. The minimum absolute atomic E-state index is 0.290. The first kappa shape index (κ1) is 16.0. The van der Waals surface area contributed by atoms with E-state index in [9.17, 15) is 4.79 Å². The van der Waals surface area contributed by atoms with E-state index in [1.807, 2.05) is 4.90 Å². The van der Waals surface area contributed by atoms with Crippen molar-refractivity contribution in [2.75, 3.05) is 26.8 Å². The third-order valence-corrected chi connectivity index (χ3v) is 4.03. The Kier molecular flexibility index (Phi) is 6.21. The number of likely N-dealkylation sites (tertiary alicyclic amines) is 1. The number of carbonyl (C=O) groups is 1. The van der Waals surface area contributed by atoms with Crippen LogP contribution in [0.1, 0.15) is 30.4 Å². The molecule has 0 bridgehead atoms. The van der Waals surface area contributed by atoms with Crippen molar-refractivity contribution in [3.63, 3.8) is 0 Å². The second-order valence-corrected chi connectivity index (χ2v) is 5.73. The highest BCUT2D eigenvalue weighted by Gasteiger charge is 2.30. The number of rotatable bonds is 8. The number of methoxy groups -OCH3 is 1. The van der Waals surface area contributed by atoms with Crippen LogP contribution in [0.5, 0.6) is 0 Å². The summed E-state index contributed by atoms with van der Waals surface area (Å²) in [5.74, 6) is 0.290. The summed E-state index contributed by atoms with van der Waals surface area (Å²) in [5, 5.41) is 3.36. The van der Waals surface area contributed by atoms with Gasteiger partial charge in [0.05, 0.1) is 6.61 Å². The van der Waals surface area contributed by atoms with Crippen molar-refractivity contribution in [2.24, 2.45) is 0 Å². The molecule has 0 spiro atoms. The van der Waals surface area contributed by atoms with Gasteiger partial charge in [-0.1, -0.05) is 29.8 Å². The van der Waals surface area contributed by atoms with E-state index in [4.69, 9.17) is 4.74 Å². The van der Waals surface area contributed by atoms with Crippen molar-refractivity contribution in [1.29, 1.82) is 0 Å². The molecule has 1 amide bonds. The van der Waals surface area contributed by atoms with Gasteiger partial charge in [0.2, 0.25) is 5.91 Å². The van der Waals surface area contributed by atoms with Gasteiger partial charge in [-0.3, -0.25) is 4.79 Å². The third-order valence-electron chi connectivity index (χ3n) is 4.03. The SMILES string of the molecule is COCCNCCC1CCC(=O)N1Cc1cccc(C)c1. The van der Waals surface area contributed by atoms with Crippen LogP contribution < -0.4 is 5.32 Å². The molecule has 2 rings (SSSR count). The van der Waals surface area contributed by atoms with E-state index < -0.39 is 0 Å². The van der Waals surface area contributed by atoms with Crippen molar-refractivity contribution < 1.29 is 9.53 Å². The molecule has 1 saturated heterocycles. The summed E-state index contributed by atoms with van der Waals surface area (Å²) >= 11 is 0. The molecule has 0 aliphatic carbocycles. The van der Waals surface area contributed by atoms with Gasteiger partial charge in [0.25, 0.3) is 0 Å². The Labute approximate surface area is 127 Å². The highest BCUT2D eigenvalue weighted by atomic mass is 16.5. The number of benzene rings is 1. The van der Waals surface area contributed by atoms with E-state index in [0.717, 1.165) is 39.1 Å². The zero-order chi connectivity index (χ0) is 15.1. The fraction of sp³-hybridized carbons (Fsp3) is 0.588. The first-order valence-electron chi connectivity index (χ1n) is 7.75. The lowest BCUT2D eigenvalue weighted by Crippen LogP contribution is -2.35. The number of hydrogen-bond acceptors (Lipinski definition) is 3. The van der Waals surface area contributed by atoms with Crippen LogP contribution >= 0.6 is 0 Å². The number of amides is 1. The quantitative estimate of drug-likeness (QED) is 0.746. The van der Waals surface area contributed by atoms with E-state index in [-0.39, 0.29) is 0 Å². The number of ether oxygens (including phenoxy) is 1. The maximum absolute atomic E-state index is 12.1. The molecule has 1 aliphatic heterocycles. The summed E-state index contributed by atoms with van der Waals surface area (Å²) in [4.78, 5) is 14.1. The molecular weight excluding hydrogens is 264 g/mol. The van der Waals surface area contributed by atoms with Crippen LogP contribution in [0, 0.1) is 6.92 Å². The van der Waals surface area contributed by atoms with Crippen LogP contribution in [0.15, 0.2) is 24.3 Å². The maximum Gasteiger partial charge on any atom is 0.223 e.